The predicted molar refractivity (Wildman–Crippen MR) is 60.6 cm³/mol. The first-order valence-corrected chi connectivity index (χ1v) is 6.22. The van der Waals surface area contributed by atoms with Crippen LogP contribution in [0.25, 0.3) is 0 Å². The molecule has 2 nitrogen and oxygen atoms in total. The molecule has 0 radical (unpaired) electrons. The van der Waals surface area contributed by atoms with Gasteiger partial charge in [-0.05, 0) is 38.3 Å². The third kappa shape index (κ3) is 5.61. The summed E-state index contributed by atoms with van der Waals surface area (Å²) in [4.78, 5) is 0. The van der Waals surface area contributed by atoms with Crippen molar-refractivity contribution in [3.63, 3.8) is 0 Å². The van der Waals surface area contributed by atoms with E-state index in [4.69, 9.17) is 4.74 Å². The highest BCUT2D eigenvalue weighted by atomic mass is 16.5. The molecule has 0 bridgehead atoms. The number of hydrogen-bond acceptors (Lipinski definition) is 2. The van der Waals surface area contributed by atoms with Gasteiger partial charge in [0.05, 0.1) is 0 Å². The lowest BCUT2D eigenvalue weighted by Crippen LogP contribution is -2.19. The fraction of sp³-hybridized carbons (Fsp3) is 1.00. The zero-order chi connectivity index (χ0) is 10.1. The van der Waals surface area contributed by atoms with Crippen LogP contribution >= 0.6 is 0 Å². The maximum atomic E-state index is 5.34. The molecule has 14 heavy (non-hydrogen) atoms. The van der Waals surface area contributed by atoms with Gasteiger partial charge < -0.3 is 10.1 Å². The van der Waals surface area contributed by atoms with Gasteiger partial charge in [0.15, 0.2) is 0 Å². The highest BCUT2D eigenvalue weighted by Crippen LogP contribution is 2.15. The van der Waals surface area contributed by atoms with Crippen LogP contribution in [-0.2, 0) is 4.74 Å². The van der Waals surface area contributed by atoms with Crippen molar-refractivity contribution in [2.45, 2.75) is 45.4 Å². The Bertz CT molecular complexity index is 121. The van der Waals surface area contributed by atoms with Gasteiger partial charge in [0, 0.05) is 13.2 Å². The molecule has 1 N–H and O–H groups in total. The highest BCUT2D eigenvalue weighted by molar-refractivity contribution is 4.65. The Balaban J connectivity index is 1.75. The van der Waals surface area contributed by atoms with E-state index in [0.717, 1.165) is 19.1 Å². The van der Waals surface area contributed by atoms with Gasteiger partial charge in [-0.2, -0.15) is 0 Å². The topological polar surface area (TPSA) is 21.3 Å². The SMILES string of the molecule is CCCCCCNCCC1CCOC1. The number of ether oxygens (including phenoxy) is 1. The first kappa shape index (κ1) is 12.0. The third-order valence-electron chi connectivity index (χ3n) is 2.96. The Morgan fingerprint density at radius 3 is 2.86 bits per heavy atom. The van der Waals surface area contributed by atoms with Crippen molar-refractivity contribution >= 4 is 0 Å². The molecule has 1 heterocycles. The lowest BCUT2D eigenvalue weighted by Gasteiger charge is -2.08. The van der Waals surface area contributed by atoms with Crippen LogP contribution in [0.5, 0.6) is 0 Å². The molecule has 1 rings (SSSR count). The first-order chi connectivity index (χ1) is 6.93. The predicted octanol–water partition coefficient (Wildman–Crippen LogP) is 2.58. The molecule has 0 aromatic carbocycles. The van der Waals surface area contributed by atoms with Crippen molar-refractivity contribution in [3.8, 4) is 0 Å². The van der Waals surface area contributed by atoms with E-state index in [1.165, 1.54) is 51.6 Å². The Labute approximate surface area is 88.4 Å². The zero-order valence-corrected chi connectivity index (χ0v) is 9.56. The van der Waals surface area contributed by atoms with Crippen LogP contribution in [0.1, 0.15) is 45.4 Å². The summed E-state index contributed by atoms with van der Waals surface area (Å²) in [5.74, 6) is 0.832. The van der Waals surface area contributed by atoms with Crippen LogP contribution in [0.15, 0.2) is 0 Å². The van der Waals surface area contributed by atoms with E-state index < -0.39 is 0 Å². The van der Waals surface area contributed by atoms with Crippen molar-refractivity contribution in [1.82, 2.24) is 5.32 Å². The summed E-state index contributed by atoms with van der Waals surface area (Å²) < 4.78 is 5.34. The van der Waals surface area contributed by atoms with Crippen LogP contribution in [0.2, 0.25) is 0 Å². The lowest BCUT2D eigenvalue weighted by molar-refractivity contribution is 0.184. The average molecular weight is 199 g/mol. The van der Waals surface area contributed by atoms with Gasteiger partial charge in [-0.25, -0.2) is 0 Å². The summed E-state index contributed by atoms with van der Waals surface area (Å²) in [5.41, 5.74) is 0. The Kier molecular flexibility index (Phi) is 7.06. The summed E-state index contributed by atoms with van der Waals surface area (Å²) in [6, 6.07) is 0. The smallest absolute Gasteiger partial charge is 0.0495 e. The van der Waals surface area contributed by atoms with E-state index in [1.54, 1.807) is 0 Å². The van der Waals surface area contributed by atoms with Crippen molar-refractivity contribution in [2.24, 2.45) is 5.92 Å². The first-order valence-electron chi connectivity index (χ1n) is 6.22. The maximum Gasteiger partial charge on any atom is 0.0495 e. The van der Waals surface area contributed by atoms with E-state index in [1.807, 2.05) is 0 Å². The Hall–Kier alpha value is -0.0800. The van der Waals surface area contributed by atoms with E-state index in [9.17, 15) is 0 Å². The second kappa shape index (κ2) is 8.25. The minimum atomic E-state index is 0.832. The van der Waals surface area contributed by atoms with Gasteiger partial charge in [-0.1, -0.05) is 26.2 Å². The molecule has 2 heteroatoms. The van der Waals surface area contributed by atoms with Crippen LogP contribution in [0.3, 0.4) is 0 Å². The summed E-state index contributed by atoms with van der Waals surface area (Å²) in [6.45, 7) is 6.62. The zero-order valence-electron chi connectivity index (χ0n) is 9.56. The van der Waals surface area contributed by atoms with Crippen molar-refractivity contribution in [1.29, 1.82) is 0 Å². The minimum Gasteiger partial charge on any atom is -0.381 e. The van der Waals surface area contributed by atoms with Gasteiger partial charge in [-0.3, -0.25) is 0 Å². The molecule has 0 aromatic rings. The number of hydrogen-bond donors (Lipinski definition) is 1. The van der Waals surface area contributed by atoms with E-state index in [0.29, 0.717) is 0 Å². The molecule has 0 saturated carbocycles. The lowest BCUT2D eigenvalue weighted by atomic mass is 10.1. The Morgan fingerprint density at radius 2 is 2.14 bits per heavy atom. The summed E-state index contributed by atoms with van der Waals surface area (Å²) in [6.07, 6.45) is 8.02. The van der Waals surface area contributed by atoms with Crippen LogP contribution in [-0.4, -0.2) is 26.3 Å². The van der Waals surface area contributed by atoms with E-state index in [2.05, 4.69) is 12.2 Å². The van der Waals surface area contributed by atoms with E-state index in [-0.39, 0.29) is 0 Å². The second-order valence-corrected chi connectivity index (χ2v) is 4.33. The molecule has 0 aliphatic carbocycles. The molecule has 1 fully saturated rings. The summed E-state index contributed by atoms with van der Waals surface area (Å²) in [5, 5.41) is 3.52. The maximum absolute atomic E-state index is 5.34. The normalized spacial score (nSPS) is 21.6. The van der Waals surface area contributed by atoms with E-state index >= 15 is 0 Å². The molecule has 1 saturated heterocycles. The standard InChI is InChI=1S/C12H25NO/c1-2-3-4-5-8-13-9-6-12-7-10-14-11-12/h12-13H,2-11H2,1H3. The molecule has 84 valence electrons. The fourth-order valence-electron chi connectivity index (χ4n) is 1.92. The number of nitrogens with one attached hydrogen (secondary N) is 1. The quantitative estimate of drug-likeness (QED) is 0.607. The van der Waals surface area contributed by atoms with Crippen molar-refractivity contribution in [2.75, 3.05) is 26.3 Å². The minimum absolute atomic E-state index is 0.832. The molecule has 0 aromatic heterocycles. The Morgan fingerprint density at radius 1 is 1.21 bits per heavy atom. The fourth-order valence-corrected chi connectivity index (χ4v) is 1.92. The molecule has 0 amide bonds. The highest BCUT2D eigenvalue weighted by Gasteiger charge is 2.14. The largest absolute Gasteiger partial charge is 0.381 e. The average Bonchev–Trinajstić information content (AvgIpc) is 2.69. The molecule has 0 spiro atoms. The number of rotatable bonds is 8. The van der Waals surface area contributed by atoms with Crippen molar-refractivity contribution in [3.05, 3.63) is 0 Å². The molecule has 1 aliphatic rings. The van der Waals surface area contributed by atoms with Crippen LogP contribution < -0.4 is 5.32 Å². The van der Waals surface area contributed by atoms with Gasteiger partial charge >= 0.3 is 0 Å². The molecule has 1 aliphatic heterocycles. The summed E-state index contributed by atoms with van der Waals surface area (Å²) in [7, 11) is 0. The second-order valence-electron chi connectivity index (χ2n) is 4.33. The van der Waals surface area contributed by atoms with Gasteiger partial charge in [0.1, 0.15) is 0 Å². The summed E-state index contributed by atoms with van der Waals surface area (Å²) >= 11 is 0. The van der Waals surface area contributed by atoms with Gasteiger partial charge in [0.2, 0.25) is 0 Å². The molecule has 1 atom stereocenters. The third-order valence-corrected chi connectivity index (χ3v) is 2.96. The molecular formula is C12H25NO. The van der Waals surface area contributed by atoms with Crippen LogP contribution in [0.4, 0.5) is 0 Å². The van der Waals surface area contributed by atoms with Crippen LogP contribution in [0, 0.1) is 5.92 Å². The molecular weight excluding hydrogens is 174 g/mol. The molecule has 1 unspecified atom stereocenters. The van der Waals surface area contributed by atoms with Gasteiger partial charge in [0.25, 0.3) is 0 Å². The monoisotopic (exact) mass is 199 g/mol. The number of unbranched alkanes of at least 4 members (excludes halogenated alkanes) is 3. The van der Waals surface area contributed by atoms with Gasteiger partial charge in [-0.15, -0.1) is 0 Å². The van der Waals surface area contributed by atoms with Crippen molar-refractivity contribution < 1.29 is 4.74 Å².